The van der Waals surface area contributed by atoms with Crippen LogP contribution in [-0.2, 0) is 4.74 Å². The maximum absolute atomic E-state index is 5.74. The molecule has 1 nitrogen and oxygen atoms in total. The molecule has 1 unspecified atom stereocenters. The van der Waals surface area contributed by atoms with E-state index in [1.54, 1.807) is 0 Å². The van der Waals surface area contributed by atoms with Gasteiger partial charge in [-0.2, -0.15) is 0 Å². The number of rotatable bonds is 2. The fourth-order valence-electron chi connectivity index (χ4n) is 1.45. The van der Waals surface area contributed by atoms with E-state index in [1.807, 2.05) is 0 Å². The van der Waals surface area contributed by atoms with Gasteiger partial charge < -0.3 is 0 Å². The number of ether oxygens (including phenoxy) is 1. The molecule has 1 aromatic rings. The van der Waals surface area contributed by atoms with Crippen LogP contribution in [0.25, 0.3) is 0 Å². The first-order chi connectivity index (χ1) is 6.45. The molecule has 1 fully saturated rings. The van der Waals surface area contributed by atoms with E-state index in [-0.39, 0.29) is 20.9 Å². The zero-order chi connectivity index (χ0) is 8.93. The van der Waals surface area contributed by atoms with E-state index < -0.39 is 0 Å². The molecule has 2 rings (SSSR count). The molecule has 0 amide bonds. The number of hydrogen-bond donors (Lipinski definition) is 0. The second-order valence-corrected chi connectivity index (χ2v) is 6.75. The molecular formula is C11H14OTe. The SMILES string of the molecule is c1ccc([Te]C2CCCCO2)cc1. The average Bonchev–Trinajstić information content (AvgIpc) is 2.21. The quantitative estimate of drug-likeness (QED) is 0.751. The molecule has 1 atom stereocenters. The van der Waals surface area contributed by atoms with Gasteiger partial charge in [-0.15, -0.1) is 0 Å². The van der Waals surface area contributed by atoms with Gasteiger partial charge in [-0.05, 0) is 0 Å². The van der Waals surface area contributed by atoms with E-state index in [9.17, 15) is 0 Å². The first-order valence-electron chi connectivity index (χ1n) is 4.78. The van der Waals surface area contributed by atoms with Gasteiger partial charge in [0.1, 0.15) is 0 Å². The monoisotopic (exact) mass is 292 g/mol. The van der Waals surface area contributed by atoms with Crippen molar-refractivity contribution in [3.05, 3.63) is 30.3 Å². The Morgan fingerprint density at radius 3 is 2.69 bits per heavy atom. The topological polar surface area (TPSA) is 9.23 Å². The van der Waals surface area contributed by atoms with Crippen LogP contribution >= 0.6 is 0 Å². The predicted molar refractivity (Wildman–Crippen MR) is 55.4 cm³/mol. The summed E-state index contributed by atoms with van der Waals surface area (Å²) in [6.07, 6.45) is 3.91. The van der Waals surface area contributed by atoms with Gasteiger partial charge >= 0.3 is 89.6 Å². The zero-order valence-corrected chi connectivity index (χ0v) is 9.94. The van der Waals surface area contributed by atoms with Crippen molar-refractivity contribution in [3.63, 3.8) is 0 Å². The minimum atomic E-state index is -0.0985. The molecule has 0 aliphatic carbocycles. The van der Waals surface area contributed by atoms with E-state index in [2.05, 4.69) is 30.3 Å². The van der Waals surface area contributed by atoms with Crippen molar-refractivity contribution in [2.24, 2.45) is 0 Å². The van der Waals surface area contributed by atoms with Gasteiger partial charge in [-0.1, -0.05) is 0 Å². The maximum atomic E-state index is 5.74. The van der Waals surface area contributed by atoms with Gasteiger partial charge in [0.05, 0.1) is 0 Å². The molecule has 0 bridgehead atoms. The summed E-state index contributed by atoms with van der Waals surface area (Å²) >= 11 is -0.0985. The number of hydrogen-bond acceptors (Lipinski definition) is 1. The summed E-state index contributed by atoms with van der Waals surface area (Å²) in [5.41, 5.74) is 0. The van der Waals surface area contributed by atoms with Crippen LogP contribution in [0, 0.1) is 0 Å². The van der Waals surface area contributed by atoms with E-state index in [0.717, 1.165) is 6.61 Å². The third-order valence-corrected chi connectivity index (χ3v) is 5.51. The Labute approximate surface area is 89.6 Å². The van der Waals surface area contributed by atoms with Crippen LogP contribution in [0.2, 0.25) is 0 Å². The summed E-state index contributed by atoms with van der Waals surface area (Å²) in [5.74, 6) is 0. The second kappa shape index (κ2) is 5.00. The van der Waals surface area contributed by atoms with Crippen LogP contribution in [0.4, 0.5) is 0 Å². The predicted octanol–water partition coefficient (Wildman–Crippen LogP) is 1.54. The molecule has 2 heteroatoms. The van der Waals surface area contributed by atoms with Crippen molar-refractivity contribution < 1.29 is 4.74 Å². The normalized spacial score (nSPS) is 22.9. The molecule has 1 aliphatic heterocycles. The zero-order valence-electron chi connectivity index (χ0n) is 7.61. The molecule has 0 spiro atoms. The van der Waals surface area contributed by atoms with Gasteiger partial charge in [-0.3, -0.25) is 0 Å². The Kier molecular flexibility index (Phi) is 3.66. The van der Waals surface area contributed by atoms with Gasteiger partial charge in [0, 0.05) is 0 Å². The van der Waals surface area contributed by atoms with Crippen LogP contribution in [-0.4, -0.2) is 31.7 Å². The summed E-state index contributed by atoms with van der Waals surface area (Å²) in [7, 11) is 0. The third kappa shape index (κ3) is 2.98. The van der Waals surface area contributed by atoms with Crippen LogP contribution in [0.15, 0.2) is 30.3 Å². The second-order valence-electron chi connectivity index (χ2n) is 3.23. The average molecular weight is 290 g/mol. The summed E-state index contributed by atoms with van der Waals surface area (Å²) in [5, 5.41) is 0. The molecule has 70 valence electrons. The Hall–Kier alpha value is -0.0304. The summed E-state index contributed by atoms with van der Waals surface area (Å²) in [6.45, 7) is 0.988. The Morgan fingerprint density at radius 1 is 1.15 bits per heavy atom. The first kappa shape index (κ1) is 9.52. The first-order valence-corrected chi connectivity index (χ1v) is 7.29. The van der Waals surface area contributed by atoms with Crippen molar-refractivity contribution in [2.75, 3.05) is 6.61 Å². The van der Waals surface area contributed by atoms with Crippen molar-refractivity contribution in [3.8, 4) is 0 Å². The van der Waals surface area contributed by atoms with Gasteiger partial charge in [-0.25, -0.2) is 0 Å². The van der Waals surface area contributed by atoms with Crippen LogP contribution in [0.3, 0.4) is 0 Å². The van der Waals surface area contributed by atoms with Crippen molar-refractivity contribution in [1.29, 1.82) is 0 Å². The molecule has 0 radical (unpaired) electrons. The fraction of sp³-hybridized carbons (Fsp3) is 0.455. The van der Waals surface area contributed by atoms with Crippen molar-refractivity contribution >= 4 is 24.5 Å². The molecule has 0 saturated carbocycles. The van der Waals surface area contributed by atoms with Crippen molar-refractivity contribution in [2.45, 2.75) is 23.4 Å². The van der Waals surface area contributed by atoms with E-state index in [1.165, 1.54) is 22.9 Å². The summed E-state index contributed by atoms with van der Waals surface area (Å²) < 4.78 is 7.87. The summed E-state index contributed by atoms with van der Waals surface area (Å²) in [6, 6.07) is 10.8. The molecule has 13 heavy (non-hydrogen) atoms. The standard InChI is InChI=1S/C11H14OTe/c1-2-6-10(7-3-1)13-11-8-4-5-9-12-11/h1-3,6-7,11H,4-5,8-9H2. The molecule has 1 aromatic carbocycles. The Morgan fingerprint density at radius 2 is 2.00 bits per heavy atom. The van der Waals surface area contributed by atoms with E-state index in [0.29, 0.717) is 4.15 Å². The van der Waals surface area contributed by atoms with Crippen molar-refractivity contribution in [1.82, 2.24) is 0 Å². The minimum absolute atomic E-state index is 0.0985. The molecular weight excluding hydrogens is 276 g/mol. The van der Waals surface area contributed by atoms with Crippen LogP contribution < -0.4 is 3.61 Å². The Balaban J connectivity index is 1.90. The van der Waals surface area contributed by atoms with Crippen LogP contribution in [0.5, 0.6) is 0 Å². The molecule has 1 aliphatic rings. The molecule has 1 saturated heterocycles. The fourth-order valence-corrected chi connectivity index (χ4v) is 4.50. The van der Waals surface area contributed by atoms with Crippen LogP contribution in [0.1, 0.15) is 19.3 Å². The summed E-state index contributed by atoms with van der Waals surface area (Å²) in [4.78, 5) is 0. The van der Waals surface area contributed by atoms with Gasteiger partial charge in [0.2, 0.25) is 0 Å². The van der Waals surface area contributed by atoms with E-state index in [4.69, 9.17) is 4.74 Å². The van der Waals surface area contributed by atoms with E-state index >= 15 is 0 Å². The molecule has 0 N–H and O–H groups in total. The molecule has 0 aromatic heterocycles. The Bertz CT molecular complexity index is 242. The molecule has 1 heterocycles. The van der Waals surface area contributed by atoms with Gasteiger partial charge in [0.15, 0.2) is 0 Å². The van der Waals surface area contributed by atoms with Gasteiger partial charge in [0.25, 0.3) is 0 Å². The third-order valence-electron chi connectivity index (χ3n) is 2.15. The number of benzene rings is 1.